The zero-order chi connectivity index (χ0) is 9.42. The Morgan fingerprint density at radius 1 is 0.923 bits per heavy atom. The summed E-state index contributed by atoms with van der Waals surface area (Å²) in [6.45, 7) is 0. The molecule has 0 saturated carbocycles. The molecule has 66 valence electrons. The van der Waals surface area contributed by atoms with Crippen molar-refractivity contribution in [3.05, 3.63) is 36.1 Å². The fourth-order valence-corrected chi connectivity index (χ4v) is 1.33. The normalized spacial score (nSPS) is 10.5. The Kier molecular flexibility index (Phi) is 1.59. The van der Waals surface area contributed by atoms with Gasteiger partial charge in [-0.2, -0.15) is 0 Å². The standard InChI is InChI=1S/C10H7FO2/c11-7-3-1-2-6-8(12)4-5-9(13)10(6)7/h1-5,12-13H. The van der Waals surface area contributed by atoms with Crippen LogP contribution < -0.4 is 0 Å². The minimum Gasteiger partial charge on any atom is -0.507 e. The lowest BCUT2D eigenvalue weighted by Gasteiger charge is -2.03. The summed E-state index contributed by atoms with van der Waals surface area (Å²) < 4.78 is 13.2. The Labute approximate surface area is 73.9 Å². The molecule has 0 aliphatic heterocycles. The molecule has 0 unspecified atom stereocenters. The van der Waals surface area contributed by atoms with E-state index in [2.05, 4.69) is 0 Å². The van der Waals surface area contributed by atoms with Gasteiger partial charge in [-0.3, -0.25) is 0 Å². The van der Waals surface area contributed by atoms with Crippen LogP contribution in [-0.4, -0.2) is 10.2 Å². The number of aromatic hydroxyl groups is 2. The number of phenols is 2. The van der Waals surface area contributed by atoms with Crippen LogP contribution in [0.5, 0.6) is 11.5 Å². The van der Waals surface area contributed by atoms with Crippen molar-refractivity contribution < 1.29 is 14.6 Å². The Bertz CT molecular complexity index is 457. The molecule has 3 heteroatoms. The van der Waals surface area contributed by atoms with E-state index >= 15 is 0 Å². The molecule has 13 heavy (non-hydrogen) atoms. The van der Waals surface area contributed by atoms with Crippen LogP contribution in [0.2, 0.25) is 0 Å². The fourth-order valence-electron chi connectivity index (χ4n) is 1.33. The zero-order valence-corrected chi connectivity index (χ0v) is 6.66. The molecule has 2 aromatic carbocycles. The molecular weight excluding hydrogens is 171 g/mol. The van der Waals surface area contributed by atoms with E-state index in [4.69, 9.17) is 0 Å². The van der Waals surface area contributed by atoms with E-state index in [0.717, 1.165) is 0 Å². The van der Waals surface area contributed by atoms with Gasteiger partial charge >= 0.3 is 0 Å². The van der Waals surface area contributed by atoms with Crippen molar-refractivity contribution in [2.75, 3.05) is 0 Å². The van der Waals surface area contributed by atoms with Gasteiger partial charge < -0.3 is 10.2 Å². The SMILES string of the molecule is Oc1ccc(O)c2c(F)cccc12. The van der Waals surface area contributed by atoms with Crippen molar-refractivity contribution in [2.45, 2.75) is 0 Å². The molecule has 0 aliphatic rings. The van der Waals surface area contributed by atoms with Crippen LogP contribution in [0.1, 0.15) is 0 Å². The van der Waals surface area contributed by atoms with Crippen molar-refractivity contribution in [1.29, 1.82) is 0 Å². The number of hydrogen-bond acceptors (Lipinski definition) is 2. The molecule has 2 N–H and O–H groups in total. The second-order valence-corrected chi connectivity index (χ2v) is 2.77. The van der Waals surface area contributed by atoms with Crippen LogP contribution >= 0.6 is 0 Å². The summed E-state index contributed by atoms with van der Waals surface area (Å²) in [4.78, 5) is 0. The molecule has 2 aromatic rings. The fraction of sp³-hybridized carbons (Fsp3) is 0. The predicted octanol–water partition coefficient (Wildman–Crippen LogP) is 2.39. The van der Waals surface area contributed by atoms with E-state index in [-0.39, 0.29) is 16.9 Å². The van der Waals surface area contributed by atoms with E-state index < -0.39 is 5.82 Å². The Hall–Kier alpha value is -1.77. The maximum atomic E-state index is 13.2. The molecule has 0 saturated heterocycles. The number of halogens is 1. The lowest BCUT2D eigenvalue weighted by Crippen LogP contribution is -1.80. The summed E-state index contributed by atoms with van der Waals surface area (Å²) in [5.41, 5.74) is 0. The van der Waals surface area contributed by atoms with Gasteiger partial charge in [0.25, 0.3) is 0 Å². The van der Waals surface area contributed by atoms with Crippen LogP contribution in [0.25, 0.3) is 10.8 Å². The highest BCUT2D eigenvalue weighted by molar-refractivity contribution is 5.93. The van der Waals surface area contributed by atoms with Crippen molar-refractivity contribution in [3.63, 3.8) is 0 Å². The van der Waals surface area contributed by atoms with Crippen LogP contribution in [0.4, 0.5) is 4.39 Å². The van der Waals surface area contributed by atoms with Gasteiger partial charge in [-0.25, -0.2) is 4.39 Å². The van der Waals surface area contributed by atoms with E-state index in [1.54, 1.807) is 6.07 Å². The van der Waals surface area contributed by atoms with E-state index in [9.17, 15) is 14.6 Å². The molecule has 0 aromatic heterocycles. The largest absolute Gasteiger partial charge is 0.507 e. The second-order valence-electron chi connectivity index (χ2n) is 2.77. The first kappa shape index (κ1) is 7.86. The maximum absolute atomic E-state index is 13.2. The van der Waals surface area contributed by atoms with Gasteiger partial charge in [-0.1, -0.05) is 12.1 Å². The van der Waals surface area contributed by atoms with Crippen LogP contribution in [0.3, 0.4) is 0 Å². The number of rotatable bonds is 0. The quantitative estimate of drug-likeness (QED) is 0.608. The van der Waals surface area contributed by atoms with E-state index in [1.807, 2.05) is 0 Å². The molecule has 2 rings (SSSR count). The summed E-state index contributed by atoms with van der Waals surface area (Å²) in [7, 11) is 0. The van der Waals surface area contributed by atoms with Gasteiger partial charge in [-0.15, -0.1) is 0 Å². The molecular formula is C10H7FO2. The van der Waals surface area contributed by atoms with Crippen LogP contribution in [0.15, 0.2) is 30.3 Å². The first-order chi connectivity index (χ1) is 6.20. The zero-order valence-electron chi connectivity index (χ0n) is 6.66. The third-order valence-electron chi connectivity index (χ3n) is 1.94. The van der Waals surface area contributed by atoms with Crippen LogP contribution in [0, 0.1) is 5.82 Å². The topological polar surface area (TPSA) is 40.5 Å². The molecule has 0 heterocycles. The van der Waals surface area contributed by atoms with Gasteiger partial charge in [0, 0.05) is 5.39 Å². The Morgan fingerprint density at radius 2 is 1.62 bits per heavy atom. The highest BCUT2D eigenvalue weighted by Gasteiger charge is 2.07. The molecule has 0 spiro atoms. The van der Waals surface area contributed by atoms with E-state index in [0.29, 0.717) is 5.39 Å². The predicted molar refractivity (Wildman–Crippen MR) is 47.2 cm³/mol. The molecule has 0 bridgehead atoms. The third-order valence-corrected chi connectivity index (χ3v) is 1.94. The first-order valence-corrected chi connectivity index (χ1v) is 3.79. The summed E-state index contributed by atoms with van der Waals surface area (Å²) in [5, 5.41) is 19.0. The lowest BCUT2D eigenvalue weighted by molar-refractivity contribution is 0.467. The van der Waals surface area contributed by atoms with Crippen molar-refractivity contribution >= 4 is 10.8 Å². The average molecular weight is 178 g/mol. The number of hydrogen-bond donors (Lipinski definition) is 2. The first-order valence-electron chi connectivity index (χ1n) is 3.79. The number of benzene rings is 2. The van der Waals surface area contributed by atoms with Gasteiger partial charge in [0.15, 0.2) is 0 Å². The monoisotopic (exact) mass is 178 g/mol. The van der Waals surface area contributed by atoms with Gasteiger partial charge in [-0.05, 0) is 18.2 Å². The van der Waals surface area contributed by atoms with Gasteiger partial charge in [0.2, 0.25) is 0 Å². The van der Waals surface area contributed by atoms with Gasteiger partial charge in [0.1, 0.15) is 17.3 Å². The number of fused-ring (bicyclic) bond motifs is 1. The lowest BCUT2D eigenvalue weighted by atomic mass is 10.1. The molecule has 0 fully saturated rings. The minimum atomic E-state index is -0.536. The van der Waals surface area contributed by atoms with Crippen LogP contribution in [-0.2, 0) is 0 Å². The Morgan fingerprint density at radius 3 is 2.31 bits per heavy atom. The summed E-state index contributed by atoms with van der Waals surface area (Å²) in [6, 6.07) is 6.86. The third kappa shape index (κ3) is 1.09. The number of phenolic OH excluding ortho intramolecular Hbond substituents is 2. The molecule has 0 radical (unpaired) electrons. The summed E-state index contributed by atoms with van der Waals surface area (Å²) in [5.74, 6) is -0.732. The molecule has 0 atom stereocenters. The highest BCUT2D eigenvalue weighted by Crippen LogP contribution is 2.32. The highest BCUT2D eigenvalue weighted by atomic mass is 19.1. The summed E-state index contributed by atoms with van der Waals surface area (Å²) >= 11 is 0. The van der Waals surface area contributed by atoms with Crippen molar-refractivity contribution in [3.8, 4) is 11.5 Å². The minimum absolute atomic E-state index is 0.0349. The Balaban J connectivity index is 3.00. The summed E-state index contributed by atoms with van der Waals surface area (Å²) in [6.07, 6.45) is 0. The van der Waals surface area contributed by atoms with E-state index in [1.165, 1.54) is 24.3 Å². The second kappa shape index (κ2) is 2.62. The van der Waals surface area contributed by atoms with Crippen molar-refractivity contribution in [2.24, 2.45) is 0 Å². The van der Waals surface area contributed by atoms with Crippen molar-refractivity contribution in [1.82, 2.24) is 0 Å². The molecule has 0 aliphatic carbocycles. The average Bonchev–Trinajstić information content (AvgIpc) is 2.12. The smallest absolute Gasteiger partial charge is 0.134 e. The maximum Gasteiger partial charge on any atom is 0.134 e. The molecule has 2 nitrogen and oxygen atoms in total. The van der Waals surface area contributed by atoms with Gasteiger partial charge in [0.05, 0.1) is 5.39 Å². The molecule has 0 amide bonds.